The Balaban J connectivity index is 2.17. The summed E-state index contributed by atoms with van der Waals surface area (Å²) in [5, 5.41) is 4.53. The molecule has 0 bridgehead atoms. The molecule has 1 unspecified atom stereocenters. The van der Waals surface area contributed by atoms with E-state index in [1.807, 2.05) is 6.07 Å². The van der Waals surface area contributed by atoms with E-state index in [2.05, 4.69) is 19.2 Å². The smallest absolute Gasteiger partial charge is 0.143 e. The molecule has 19 heavy (non-hydrogen) atoms. The molecular weight excluding hydrogens is 285 g/mol. The first-order valence-electron chi connectivity index (χ1n) is 6.52. The van der Waals surface area contributed by atoms with E-state index in [1.165, 1.54) is 0 Å². The van der Waals surface area contributed by atoms with Gasteiger partial charge in [-0.2, -0.15) is 0 Å². The lowest BCUT2D eigenvalue weighted by atomic mass is 10.2. The second-order valence-corrected chi connectivity index (χ2v) is 5.86. The van der Waals surface area contributed by atoms with Crippen molar-refractivity contribution in [1.29, 1.82) is 0 Å². The molecule has 5 heteroatoms. The van der Waals surface area contributed by atoms with Crippen LogP contribution in [0.2, 0.25) is 10.0 Å². The molecule has 0 aromatic heterocycles. The molecule has 1 aliphatic heterocycles. The van der Waals surface area contributed by atoms with Crippen molar-refractivity contribution in [2.75, 3.05) is 13.2 Å². The Hall–Kier alpha value is -0.480. The summed E-state index contributed by atoms with van der Waals surface area (Å²) in [6, 6.07) is 4.00. The molecule has 1 aliphatic rings. The van der Waals surface area contributed by atoms with Crippen LogP contribution in [0.1, 0.15) is 25.8 Å². The monoisotopic (exact) mass is 303 g/mol. The summed E-state index contributed by atoms with van der Waals surface area (Å²) in [6.07, 6.45) is 0.979. The van der Waals surface area contributed by atoms with Crippen LogP contribution in [-0.2, 0) is 11.3 Å². The van der Waals surface area contributed by atoms with Gasteiger partial charge in [0.15, 0.2) is 0 Å². The predicted molar refractivity (Wildman–Crippen MR) is 78.3 cm³/mol. The Morgan fingerprint density at radius 1 is 1.42 bits per heavy atom. The second-order valence-electron chi connectivity index (χ2n) is 5.01. The zero-order valence-electron chi connectivity index (χ0n) is 11.2. The molecule has 2 rings (SSSR count). The van der Waals surface area contributed by atoms with Gasteiger partial charge in [0.1, 0.15) is 11.9 Å². The number of halogens is 2. The Morgan fingerprint density at radius 2 is 2.21 bits per heavy atom. The Labute approximate surface area is 124 Å². The highest BCUT2D eigenvalue weighted by Crippen LogP contribution is 2.34. The third-order valence-corrected chi connectivity index (χ3v) is 3.46. The minimum atomic E-state index is 0.0801. The Kier molecular flexibility index (Phi) is 5.34. The largest absolute Gasteiger partial charge is 0.486 e. The third kappa shape index (κ3) is 4.25. The molecule has 1 fully saturated rings. The predicted octanol–water partition coefficient (Wildman–Crippen LogP) is 3.66. The number of hydrogen-bond acceptors (Lipinski definition) is 3. The molecule has 1 N–H and O–H groups in total. The summed E-state index contributed by atoms with van der Waals surface area (Å²) in [7, 11) is 0. The van der Waals surface area contributed by atoms with Crippen molar-refractivity contribution in [3.63, 3.8) is 0 Å². The van der Waals surface area contributed by atoms with Gasteiger partial charge in [0, 0.05) is 29.6 Å². The molecule has 0 spiro atoms. The van der Waals surface area contributed by atoms with Crippen LogP contribution in [0.15, 0.2) is 12.1 Å². The van der Waals surface area contributed by atoms with Crippen molar-refractivity contribution in [3.8, 4) is 5.75 Å². The van der Waals surface area contributed by atoms with Gasteiger partial charge < -0.3 is 14.8 Å². The summed E-state index contributed by atoms with van der Waals surface area (Å²) < 4.78 is 11.3. The van der Waals surface area contributed by atoms with Gasteiger partial charge in [-0.3, -0.25) is 0 Å². The van der Waals surface area contributed by atoms with Gasteiger partial charge in [0.2, 0.25) is 0 Å². The van der Waals surface area contributed by atoms with Crippen LogP contribution >= 0.6 is 23.2 Å². The fourth-order valence-corrected chi connectivity index (χ4v) is 2.54. The van der Waals surface area contributed by atoms with E-state index in [0.29, 0.717) is 29.2 Å². The van der Waals surface area contributed by atoms with E-state index in [1.54, 1.807) is 6.07 Å². The highest BCUT2D eigenvalue weighted by Gasteiger charge is 2.20. The van der Waals surface area contributed by atoms with Gasteiger partial charge in [-0.05, 0) is 12.1 Å². The average Bonchev–Trinajstić information content (AvgIpc) is 2.83. The lowest BCUT2D eigenvalue weighted by Crippen LogP contribution is -2.23. The lowest BCUT2D eigenvalue weighted by Gasteiger charge is -2.18. The molecular formula is C14H19Cl2NO2. The number of benzene rings is 1. The maximum absolute atomic E-state index is 6.25. The second kappa shape index (κ2) is 6.80. The average molecular weight is 304 g/mol. The molecule has 0 saturated carbocycles. The van der Waals surface area contributed by atoms with E-state index < -0.39 is 0 Å². The molecule has 1 aromatic carbocycles. The summed E-state index contributed by atoms with van der Waals surface area (Å²) in [5.41, 5.74) is 0.984. The van der Waals surface area contributed by atoms with Crippen LogP contribution in [-0.4, -0.2) is 25.4 Å². The van der Waals surface area contributed by atoms with Crippen molar-refractivity contribution in [2.24, 2.45) is 0 Å². The third-order valence-electron chi connectivity index (χ3n) is 2.96. The number of rotatable bonds is 5. The van der Waals surface area contributed by atoms with E-state index in [4.69, 9.17) is 32.7 Å². The van der Waals surface area contributed by atoms with Crippen LogP contribution in [0.25, 0.3) is 0 Å². The van der Waals surface area contributed by atoms with Crippen molar-refractivity contribution < 1.29 is 9.47 Å². The molecule has 0 radical (unpaired) electrons. The molecule has 1 saturated heterocycles. The molecule has 0 amide bonds. The zero-order chi connectivity index (χ0) is 13.8. The molecule has 1 aromatic rings. The summed E-state index contributed by atoms with van der Waals surface area (Å²) in [5.74, 6) is 0.717. The maximum Gasteiger partial charge on any atom is 0.143 e. The number of hydrogen-bond donors (Lipinski definition) is 1. The topological polar surface area (TPSA) is 30.5 Å². The van der Waals surface area contributed by atoms with E-state index >= 15 is 0 Å². The number of ether oxygens (including phenoxy) is 2. The summed E-state index contributed by atoms with van der Waals surface area (Å²) >= 11 is 12.3. The van der Waals surface area contributed by atoms with Crippen LogP contribution < -0.4 is 10.1 Å². The molecule has 1 atom stereocenters. The fraction of sp³-hybridized carbons (Fsp3) is 0.571. The normalized spacial score (nSPS) is 19.1. The van der Waals surface area contributed by atoms with E-state index in [-0.39, 0.29) is 6.10 Å². The first-order valence-corrected chi connectivity index (χ1v) is 7.27. The molecule has 0 aliphatic carbocycles. The molecule has 1 heterocycles. The van der Waals surface area contributed by atoms with Crippen LogP contribution in [0.4, 0.5) is 0 Å². The van der Waals surface area contributed by atoms with Crippen LogP contribution in [0, 0.1) is 0 Å². The van der Waals surface area contributed by atoms with Crippen molar-refractivity contribution in [3.05, 3.63) is 27.7 Å². The summed E-state index contributed by atoms with van der Waals surface area (Å²) in [6.45, 7) is 6.24. The van der Waals surface area contributed by atoms with Crippen LogP contribution in [0.3, 0.4) is 0 Å². The first kappa shape index (κ1) is 14.9. The highest BCUT2D eigenvalue weighted by atomic mass is 35.5. The van der Waals surface area contributed by atoms with Gasteiger partial charge >= 0.3 is 0 Å². The van der Waals surface area contributed by atoms with Gasteiger partial charge in [0.25, 0.3) is 0 Å². The van der Waals surface area contributed by atoms with Crippen molar-refractivity contribution >= 4 is 23.2 Å². The summed E-state index contributed by atoms with van der Waals surface area (Å²) in [4.78, 5) is 0. The quantitative estimate of drug-likeness (QED) is 0.900. The maximum atomic E-state index is 6.25. The fourth-order valence-electron chi connectivity index (χ4n) is 1.96. The van der Waals surface area contributed by atoms with Gasteiger partial charge in [0.05, 0.1) is 18.2 Å². The van der Waals surface area contributed by atoms with Gasteiger partial charge in [-0.25, -0.2) is 0 Å². The Morgan fingerprint density at radius 3 is 2.84 bits per heavy atom. The first-order chi connectivity index (χ1) is 9.06. The zero-order valence-corrected chi connectivity index (χ0v) is 12.7. The van der Waals surface area contributed by atoms with Crippen LogP contribution in [0.5, 0.6) is 5.75 Å². The molecule has 3 nitrogen and oxygen atoms in total. The van der Waals surface area contributed by atoms with E-state index in [0.717, 1.165) is 24.3 Å². The van der Waals surface area contributed by atoms with Crippen molar-refractivity contribution in [1.82, 2.24) is 5.32 Å². The van der Waals surface area contributed by atoms with Gasteiger partial charge in [-0.15, -0.1) is 0 Å². The SMILES string of the molecule is CC(C)NCc1cc(Cl)cc(Cl)c1OC1CCOC1. The van der Waals surface area contributed by atoms with E-state index in [9.17, 15) is 0 Å². The molecule has 106 valence electrons. The van der Waals surface area contributed by atoms with Gasteiger partial charge in [-0.1, -0.05) is 37.0 Å². The lowest BCUT2D eigenvalue weighted by molar-refractivity contribution is 0.140. The number of nitrogens with one attached hydrogen (secondary N) is 1. The standard InChI is InChI=1S/C14H19Cl2NO2/c1-9(2)17-7-10-5-11(15)6-13(16)14(10)19-12-3-4-18-8-12/h5-6,9,12,17H,3-4,7-8H2,1-2H3. The minimum absolute atomic E-state index is 0.0801. The minimum Gasteiger partial charge on any atom is -0.486 e. The van der Waals surface area contributed by atoms with Crippen molar-refractivity contribution in [2.45, 2.75) is 39.0 Å². The Bertz CT molecular complexity index is 432. The highest BCUT2D eigenvalue weighted by molar-refractivity contribution is 6.35.